The quantitative estimate of drug-likeness (QED) is 0.449. The van der Waals surface area contributed by atoms with E-state index >= 15 is 0 Å². The van der Waals surface area contributed by atoms with E-state index in [1.165, 1.54) is 11.1 Å². The van der Waals surface area contributed by atoms with E-state index in [0.29, 0.717) is 17.8 Å². The number of nitrogens with one attached hydrogen (secondary N) is 1. The number of nitrogens with two attached hydrogens (primary N) is 1. The molecule has 0 amide bonds. The van der Waals surface area contributed by atoms with Crippen molar-refractivity contribution in [3.8, 4) is 0 Å². The van der Waals surface area contributed by atoms with Gasteiger partial charge in [-0.1, -0.05) is 30.3 Å². The smallest absolute Gasteiger partial charge is 0.194 e. The van der Waals surface area contributed by atoms with Crippen molar-refractivity contribution >= 4 is 47.5 Å². The van der Waals surface area contributed by atoms with Crippen LogP contribution in [0.4, 0.5) is 5.82 Å². The van der Waals surface area contributed by atoms with Crippen molar-refractivity contribution in [1.82, 2.24) is 4.98 Å². The molecule has 0 saturated heterocycles. The molecule has 1 aromatic heterocycles. The van der Waals surface area contributed by atoms with Crippen LogP contribution in [0.15, 0.2) is 53.7 Å². The third-order valence-corrected chi connectivity index (χ3v) is 4.69. The SMILES string of the molecule is I.NC(=NCC1SCCc2ccccc21)Nc1ccccn1. The van der Waals surface area contributed by atoms with Crippen LogP contribution in [0.5, 0.6) is 0 Å². The fraction of sp³-hybridized carbons (Fsp3) is 0.250. The molecule has 0 bridgehead atoms. The molecular weight excluding hydrogens is 407 g/mol. The van der Waals surface area contributed by atoms with Crippen LogP contribution < -0.4 is 11.1 Å². The number of benzene rings is 1. The van der Waals surface area contributed by atoms with Gasteiger partial charge < -0.3 is 11.1 Å². The molecular formula is C16H19IN4S. The predicted molar refractivity (Wildman–Crippen MR) is 105 cm³/mol. The van der Waals surface area contributed by atoms with E-state index in [0.717, 1.165) is 18.0 Å². The zero-order chi connectivity index (χ0) is 14.5. The Morgan fingerprint density at radius 3 is 2.91 bits per heavy atom. The van der Waals surface area contributed by atoms with Gasteiger partial charge in [0.05, 0.1) is 6.54 Å². The normalized spacial score (nSPS) is 17.3. The fourth-order valence-electron chi connectivity index (χ4n) is 2.42. The summed E-state index contributed by atoms with van der Waals surface area (Å²) in [6.45, 7) is 0.688. The van der Waals surface area contributed by atoms with E-state index in [1.807, 2.05) is 30.0 Å². The molecule has 1 atom stereocenters. The van der Waals surface area contributed by atoms with Crippen molar-refractivity contribution in [2.45, 2.75) is 11.7 Å². The lowest BCUT2D eigenvalue weighted by Crippen LogP contribution is -2.24. The topological polar surface area (TPSA) is 63.3 Å². The van der Waals surface area contributed by atoms with E-state index < -0.39 is 0 Å². The van der Waals surface area contributed by atoms with Gasteiger partial charge in [-0.05, 0) is 35.4 Å². The number of anilines is 1. The summed E-state index contributed by atoms with van der Waals surface area (Å²) in [6, 6.07) is 14.3. The molecule has 1 unspecified atom stereocenters. The summed E-state index contributed by atoms with van der Waals surface area (Å²) in [4.78, 5) is 8.64. The van der Waals surface area contributed by atoms with Crippen LogP contribution in [-0.2, 0) is 6.42 Å². The summed E-state index contributed by atoms with van der Waals surface area (Å²) in [6.07, 6.45) is 2.87. The highest BCUT2D eigenvalue weighted by Crippen LogP contribution is 2.36. The molecule has 0 aliphatic carbocycles. The van der Waals surface area contributed by atoms with E-state index in [9.17, 15) is 0 Å². The highest BCUT2D eigenvalue weighted by atomic mass is 127. The number of thioether (sulfide) groups is 1. The highest BCUT2D eigenvalue weighted by Gasteiger charge is 2.19. The van der Waals surface area contributed by atoms with Crippen molar-refractivity contribution in [2.75, 3.05) is 17.6 Å². The Morgan fingerprint density at radius 2 is 2.09 bits per heavy atom. The minimum absolute atomic E-state index is 0. The number of fused-ring (bicyclic) bond motifs is 1. The Hall–Kier alpha value is -1.28. The molecule has 1 aliphatic rings. The Labute approximate surface area is 152 Å². The Bertz CT molecular complexity index is 633. The molecule has 0 radical (unpaired) electrons. The summed E-state index contributed by atoms with van der Waals surface area (Å²) >= 11 is 1.95. The molecule has 22 heavy (non-hydrogen) atoms. The fourth-order valence-corrected chi connectivity index (χ4v) is 3.63. The van der Waals surface area contributed by atoms with Crippen LogP contribution in [0.2, 0.25) is 0 Å². The first-order valence-corrected chi connectivity index (χ1v) is 8.05. The number of pyridine rings is 1. The van der Waals surface area contributed by atoms with Crippen molar-refractivity contribution in [2.24, 2.45) is 10.7 Å². The molecule has 3 N–H and O–H groups in total. The van der Waals surface area contributed by atoms with Crippen LogP contribution in [0.3, 0.4) is 0 Å². The first-order chi connectivity index (χ1) is 10.3. The molecule has 1 aliphatic heterocycles. The first kappa shape index (κ1) is 17.1. The summed E-state index contributed by atoms with van der Waals surface area (Å²) < 4.78 is 0. The summed E-state index contributed by atoms with van der Waals surface area (Å²) in [5.74, 6) is 2.28. The molecule has 2 aromatic rings. The minimum Gasteiger partial charge on any atom is -0.370 e. The Morgan fingerprint density at radius 1 is 1.27 bits per heavy atom. The summed E-state index contributed by atoms with van der Waals surface area (Å²) in [5, 5.41) is 3.40. The van der Waals surface area contributed by atoms with Crippen LogP contribution in [0.25, 0.3) is 0 Å². The van der Waals surface area contributed by atoms with Crippen LogP contribution >= 0.6 is 35.7 Å². The molecule has 4 nitrogen and oxygen atoms in total. The summed E-state index contributed by atoms with van der Waals surface area (Å²) in [7, 11) is 0. The Balaban J connectivity index is 0.00000176. The van der Waals surface area contributed by atoms with Gasteiger partial charge in [0, 0.05) is 11.4 Å². The van der Waals surface area contributed by atoms with Crippen molar-refractivity contribution in [3.05, 3.63) is 59.8 Å². The highest BCUT2D eigenvalue weighted by molar-refractivity contribution is 14.0. The molecule has 3 rings (SSSR count). The van der Waals surface area contributed by atoms with Gasteiger partial charge in [0.1, 0.15) is 5.82 Å². The van der Waals surface area contributed by atoms with Gasteiger partial charge in [-0.15, -0.1) is 24.0 Å². The van der Waals surface area contributed by atoms with Gasteiger partial charge in [-0.2, -0.15) is 11.8 Å². The lowest BCUT2D eigenvalue weighted by atomic mass is 10.0. The largest absolute Gasteiger partial charge is 0.370 e. The van der Waals surface area contributed by atoms with E-state index in [2.05, 4.69) is 39.6 Å². The van der Waals surface area contributed by atoms with Gasteiger partial charge in [0.25, 0.3) is 0 Å². The molecule has 2 heterocycles. The number of rotatable bonds is 3. The van der Waals surface area contributed by atoms with Crippen molar-refractivity contribution in [3.63, 3.8) is 0 Å². The number of aryl methyl sites for hydroxylation is 1. The van der Waals surface area contributed by atoms with Crippen molar-refractivity contribution in [1.29, 1.82) is 0 Å². The monoisotopic (exact) mass is 426 g/mol. The van der Waals surface area contributed by atoms with E-state index in [4.69, 9.17) is 5.73 Å². The second-order valence-corrected chi connectivity index (χ2v) is 6.18. The van der Waals surface area contributed by atoms with Gasteiger partial charge in [0.2, 0.25) is 0 Å². The molecule has 6 heteroatoms. The number of halogens is 1. The zero-order valence-electron chi connectivity index (χ0n) is 12.1. The van der Waals surface area contributed by atoms with Crippen molar-refractivity contribution < 1.29 is 0 Å². The van der Waals surface area contributed by atoms with Crippen LogP contribution in [0, 0.1) is 0 Å². The molecule has 0 spiro atoms. The maximum Gasteiger partial charge on any atom is 0.194 e. The molecule has 116 valence electrons. The third kappa shape index (κ3) is 4.36. The number of aromatic nitrogens is 1. The number of guanidine groups is 1. The zero-order valence-corrected chi connectivity index (χ0v) is 15.3. The molecule has 1 aromatic carbocycles. The third-order valence-electron chi connectivity index (χ3n) is 3.44. The van der Waals surface area contributed by atoms with Crippen LogP contribution in [0.1, 0.15) is 16.4 Å². The average Bonchev–Trinajstić information content (AvgIpc) is 2.54. The van der Waals surface area contributed by atoms with Gasteiger partial charge in [0.15, 0.2) is 5.96 Å². The van der Waals surface area contributed by atoms with Gasteiger partial charge >= 0.3 is 0 Å². The Kier molecular flexibility index (Phi) is 6.50. The maximum atomic E-state index is 5.93. The molecule has 0 fully saturated rings. The second-order valence-electron chi connectivity index (χ2n) is 4.87. The standard InChI is InChI=1S/C16H18N4S.HI/c17-16(20-15-7-3-4-9-18-15)19-11-14-13-6-2-1-5-12(13)8-10-21-14;/h1-7,9,14H,8,10-11H2,(H3,17,18,19,20);1H. The van der Waals surface area contributed by atoms with Gasteiger partial charge in [-0.3, -0.25) is 4.99 Å². The second kappa shape index (κ2) is 8.38. The number of hydrogen-bond acceptors (Lipinski definition) is 3. The van der Waals surface area contributed by atoms with Crippen LogP contribution in [-0.4, -0.2) is 23.2 Å². The van der Waals surface area contributed by atoms with Gasteiger partial charge in [-0.25, -0.2) is 4.98 Å². The summed E-state index contributed by atoms with van der Waals surface area (Å²) in [5.41, 5.74) is 8.76. The predicted octanol–water partition coefficient (Wildman–Crippen LogP) is 3.46. The number of nitrogens with zero attached hydrogens (tertiary/aromatic N) is 2. The van der Waals surface area contributed by atoms with E-state index in [-0.39, 0.29) is 24.0 Å². The maximum absolute atomic E-state index is 5.93. The number of hydrogen-bond donors (Lipinski definition) is 2. The van der Waals surface area contributed by atoms with E-state index in [1.54, 1.807) is 6.20 Å². The minimum atomic E-state index is 0. The lowest BCUT2D eigenvalue weighted by molar-refractivity contribution is 0.893. The average molecular weight is 426 g/mol. The first-order valence-electron chi connectivity index (χ1n) is 7.00. The molecule has 0 saturated carbocycles. The lowest BCUT2D eigenvalue weighted by Gasteiger charge is -2.23. The number of aliphatic imine (C=N–C) groups is 1.